The van der Waals surface area contributed by atoms with E-state index in [-0.39, 0.29) is 5.41 Å². The third kappa shape index (κ3) is 4.18. The lowest BCUT2D eigenvalue weighted by atomic mass is 9.74. The van der Waals surface area contributed by atoms with E-state index in [9.17, 15) is 0 Å². The molecule has 1 heteroatoms. The Labute approximate surface area is 130 Å². The van der Waals surface area contributed by atoms with Gasteiger partial charge in [-0.1, -0.05) is 83.4 Å². The number of nitrogens with zero attached hydrogens (tertiary/aromatic N) is 1. The molecule has 1 heterocycles. The van der Waals surface area contributed by atoms with Gasteiger partial charge in [-0.25, -0.2) is 0 Å². The molecule has 1 aromatic carbocycles. The van der Waals surface area contributed by atoms with Crippen LogP contribution >= 0.6 is 0 Å². The molecule has 1 nitrogen and oxygen atoms in total. The number of para-hydroxylation sites is 1. The van der Waals surface area contributed by atoms with Crippen molar-refractivity contribution in [3.8, 4) is 0 Å². The predicted molar refractivity (Wildman–Crippen MR) is 93.8 cm³/mol. The molecule has 1 aliphatic rings. The Bertz CT molecular complexity index is 435. The zero-order valence-electron chi connectivity index (χ0n) is 13.9. The summed E-state index contributed by atoms with van der Waals surface area (Å²) in [4.78, 5) is 4.73. The topological polar surface area (TPSA) is 12.4 Å². The minimum Gasteiger partial charge on any atom is -0.260 e. The fourth-order valence-electron chi connectivity index (χ4n) is 3.53. The molecular weight excluding hydrogens is 254 g/mol. The maximum atomic E-state index is 4.73. The normalized spacial score (nSPS) is 15.3. The first kappa shape index (κ1) is 16.3. The minimum absolute atomic E-state index is 0.234. The largest absolute Gasteiger partial charge is 0.260 e. The van der Waals surface area contributed by atoms with Gasteiger partial charge >= 0.3 is 0 Å². The van der Waals surface area contributed by atoms with E-state index in [0.29, 0.717) is 0 Å². The van der Waals surface area contributed by atoms with Crippen molar-refractivity contribution in [3.63, 3.8) is 0 Å². The average molecular weight is 285 g/mol. The first-order chi connectivity index (χ1) is 10.3. The van der Waals surface area contributed by atoms with E-state index < -0.39 is 0 Å². The van der Waals surface area contributed by atoms with Crippen molar-refractivity contribution in [2.75, 3.05) is 0 Å². The van der Waals surface area contributed by atoms with Crippen LogP contribution in [0, 0.1) is 0 Å². The summed E-state index contributed by atoms with van der Waals surface area (Å²) in [5.41, 5.74) is 2.93. The Morgan fingerprint density at radius 2 is 1.43 bits per heavy atom. The molecule has 0 aromatic heterocycles. The number of aliphatic imine (C=N–C) groups is 1. The summed E-state index contributed by atoms with van der Waals surface area (Å²) in [6.45, 7) is 4.57. The maximum absolute atomic E-state index is 4.73. The molecule has 0 amide bonds. The second-order valence-electron chi connectivity index (χ2n) is 6.55. The summed E-state index contributed by atoms with van der Waals surface area (Å²) in [6, 6.07) is 8.77. The molecule has 0 N–H and O–H groups in total. The first-order valence-corrected chi connectivity index (χ1v) is 8.97. The van der Waals surface area contributed by atoms with E-state index in [1.165, 1.54) is 75.5 Å². The van der Waals surface area contributed by atoms with Crippen molar-refractivity contribution in [3.05, 3.63) is 29.8 Å². The maximum Gasteiger partial charge on any atom is 0.0667 e. The van der Waals surface area contributed by atoms with E-state index in [2.05, 4.69) is 44.3 Å². The van der Waals surface area contributed by atoms with Crippen molar-refractivity contribution >= 4 is 11.9 Å². The number of hydrogen-bond donors (Lipinski definition) is 0. The Kier molecular flexibility index (Phi) is 6.48. The third-order valence-corrected chi connectivity index (χ3v) is 4.84. The molecule has 0 atom stereocenters. The lowest BCUT2D eigenvalue weighted by Gasteiger charge is -2.28. The van der Waals surface area contributed by atoms with E-state index >= 15 is 0 Å². The van der Waals surface area contributed by atoms with Crippen LogP contribution in [0.25, 0.3) is 0 Å². The van der Waals surface area contributed by atoms with Gasteiger partial charge in [-0.05, 0) is 24.5 Å². The highest BCUT2D eigenvalue weighted by atomic mass is 14.8. The van der Waals surface area contributed by atoms with Gasteiger partial charge in [0.25, 0.3) is 0 Å². The Morgan fingerprint density at radius 1 is 0.810 bits per heavy atom. The van der Waals surface area contributed by atoms with Crippen LogP contribution < -0.4 is 0 Å². The quantitative estimate of drug-likeness (QED) is 0.430. The number of benzene rings is 1. The standard InChI is InChI=1S/C20H31N/c1-3-5-7-11-15-20(16-12-8-6-4-2)17-21-19-14-10-9-13-18(19)20/h9-10,13-14,17H,3-8,11-12,15-16H2,1-2H3. The van der Waals surface area contributed by atoms with Crippen LogP contribution in [0.15, 0.2) is 29.3 Å². The highest BCUT2D eigenvalue weighted by molar-refractivity contribution is 5.85. The van der Waals surface area contributed by atoms with Crippen LogP contribution in [-0.2, 0) is 5.41 Å². The van der Waals surface area contributed by atoms with Crippen molar-refractivity contribution in [2.24, 2.45) is 4.99 Å². The Hall–Kier alpha value is -1.11. The van der Waals surface area contributed by atoms with Crippen molar-refractivity contribution in [1.29, 1.82) is 0 Å². The van der Waals surface area contributed by atoms with Crippen LogP contribution in [-0.4, -0.2) is 6.21 Å². The van der Waals surface area contributed by atoms with Crippen LogP contribution in [0.2, 0.25) is 0 Å². The smallest absolute Gasteiger partial charge is 0.0667 e. The van der Waals surface area contributed by atoms with Gasteiger partial charge in [-0.3, -0.25) is 4.99 Å². The molecule has 1 aliphatic heterocycles. The fourth-order valence-corrected chi connectivity index (χ4v) is 3.53. The summed E-state index contributed by atoms with van der Waals surface area (Å²) in [5.74, 6) is 0. The van der Waals surface area contributed by atoms with Gasteiger partial charge in [-0.15, -0.1) is 0 Å². The Balaban J connectivity index is 2.03. The van der Waals surface area contributed by atoms with Gasteiger partial charge in [0.1, 0.15) is 0 Å². The first-order valence-electron chi connectivity index (χ1n) is 8.97. The molecule has 0 radical (unpaired) electrons. The molecule has 0 saturated carbocycles. The van der Waals surface area contributed by atoms with E-state index in [4.69, 9.17) is 4.99 Å². The van der Waals surface area contributed by atoms with Crippen LogP contribution in [0.5, 0.6) is 0 Å². The average Bonchev–Trinajstić information content (AvgIpc) is 2.88. The number of rotatable bonds is 10. The lowest BCUT2D eigenvalue weighted by molar-refractivity contribution is 0.443. The molecular formula is C20H31N. The molecule has 0 fully saturated rings. The van der Waals surface area contributed by atoms with E-state index in [1.54, 1.807) is 0 Å². The summed E-state index contributed by atoms with van der Waals surface area (Å²) in [5, 5.41) is 0. The molecule has 0 saturated heterocycles. The molecule has 1 aromatic rings. The fraction of sp³-hybridized carbons (Fsp3) is 0.650. The molecule has 0 unspecified atom stereocenters. The molecule has 21 heavy (non-hydrogen) atoms. The SMILES string of the molecule is CCCCCCC1(CCCCCC)C=Nc2ccccc21. The van der Waals surface area contributed by atoms with Crippen molar-refractivity contribution in [2.45, 2.75) is 83.5 Å². The van der Waals surface area contributed by atoms with Crippen molar-refractivity contribution in [1.82, 2.24) is 0 Å². The number of fused-ring (bicyclic) bond motifs is 1. The molecule has 0 bridgehead atoms. The Morgan fingerprint density at radius 3 is 2.05 bits per heavy atom. The highest BCUT2D eigenvalue weighted by Crippen LogP contribution is 2.43. The molecule has 2 rings (SSSR count). The minimum atomic E-state index is 0.234. The zero-order chi connectivity index (χ0) is 15.0. The van der Waals surface area contributed by atoms with Crippen LogP contribution in [0.4, 0.5) is 5.69 Å². The second-order valence-corrected chi connectivity index (χ2v) is 6.55. The second kappa shape index (κ2) is 8.36. The van der Waals surface area contributed by atoms with Gasteiger partial charge in [-0.2, -0.15) is 0 Å². The highest BCUT2D eigenvalue weighted by Gasteiger charge is 2.34. The summed E-state index contributed by atoms with van der Waals surface area (Å²) < 4.78 is 0. The summed E-state index contributed by atoms with van der Waals surface area (Å²) in [7, 11) is 0. The van der Waals surface area contributed by atoms with Gasteiger partial charge < -0.3 is 0 Å². The van der Waals surface area contributed by atoms with Gasteiger partial charge in [0, 0.05) is 11.6 Å². The van der Waals surface area contributed by atoms with Gasteiger partial charge in [0.05, 0.1) is 5.69 Å². The van der Waals surface area contributed by atoms with E-state index in [1.807, 2.05) is 0 Å². The summed E-state index contributed by atoms with van der Waals surface area (Å²) >= 11 is 0. The predicted octanol–water partition coefficient (Wildman–Crippen LogP) is 6.58. The lowest BCUT2D eigenvalue weighted by Crippen LogP contribution is -2.25. The number of unbranched alkanes of at least 4 members (excludes halogenated alkanes) is 6. The van der Waals surface area contributed by atoms with Crippen molar-refractivity contribution < 1.29 is 0 Å². The van der Waals surface area contributed by atoms with Gasteiger partial charge in [0.2, 0.25) is 0 Å². The molecule has 116 valence electrons. The number of hydrogen-bond acceptors (Lipinski definition) is 1. The monoisotopic (exact) mass is 285 g/mol. The molecule has 0 spiro atoms. The third-order valence-electron chi connectivity index (χ3n) is 4.84. The summed E-state index contributed by atoms with van der Waals surface area (Å²) in [6.07, 6.45) is 15.6. The molecule has 0 aliphatic carbocycles. The van der Waals surface area contributed by atoms with E-state index in [0.717, 1.165) is 0 Å². The van der Waals surface area contributed by atoms with Gasteiger partial charge in [0.15, 0.2) is 0 Å². The zero-order valence-corrected chi connectivity index (χ0v) is 13.9. The van der Waals surface area contributed by atoms with Crippen LogP contribution in [0.1, 0.15) is 83.6 Å². The van der Waals surface area contributed by atoms with Crippen LogP contribution in [0.3, 0.4) is 0 Å².